The zero-order valence-electron chi connectivity index (χ0n) is 10.4. The molecule has 1 aromatic rings. The summed E-state index contributed by atoms with van der Waals surface area (Å²) in [6.45, 7) is 4.47. The normalized spacial score (nSPS) is 10.1. The maximum atomic E-state index is 12.1. The molecular formula is C11H18N4O2. The van der Waals surface area contributed by atoms with Crippen LogP contribution in [0.5, 0.6) is 0 Å². The minimum Gasteiger partial charge on any atom is -0.395 e. The number of anilines is 1. The number of rotatable bonds is 5. The van der Waals surface area contributed by atoms with Gasteiger partial charge in [-0.15, -0.1) is 0 Å². The fourth-order valence-electron chi connectivity index (χ4n) is 1.48. The van der Waals surface area contributed by atoms with Crippen LogP contribution in [-0.2, 0) is 0 Å². The lowest BCUT2D eigenvalue weighted by molar-refractivity contribution is 0.0726. The van der Waals surface area contributed by atoms with E-state index in [9.17, 15) is 4.79 Å². The van der Waals surface area contributed by atoms with Crippen LogP contribution in [0, 0.1) is 6.92 Å². The fourth-order valence-corrected chi connectivity index (χ4v) is 1.48. The number of hydrogen-bond donors (Lipinski definition) is 2. The van der Waals surface area contributed by atoms with Crippen LogP contribution in [0.2, 0.25) is 0 Å². The monoisotopic (exact) mass is 238 g/mol. The predicted molar refractivity (Wildman–Crippen MR) is 65.0 cm³/mol. The minimum absolute atomic E-state index is 0.0530. The van der Waals surface area contributed by atoms with Crippen LogP contribution >= 0.6 is 0 Å². The van der Waals surface area contributed by atoms with E-state index in [0.29, 0.717) is 24.7 Å². The fraction of sp³-hybridized carbons (Fsp3) is 0.545. The van der Waals surface area contributed by atoms with Gasteiger partial charge in [0, 0.05) is 25.8 Å². The molecule has 0 aliphatic heterocycles. The molecule has 0 fully saturated rings. The molecule has 2 N–H and O–H groups in total. The summed E-state index contributed by atoms with van der Waals surface area (Å²) in [5, 5.41) is 11.7. The van der Waals surface area contributed by atoms with Crippen molar-refractivity contribution in [3.8, 4) is 0 Å². The van der Waals surface area contributed by atoms with Gasteiger partial charge in [-0.05, 0) is 19.9 Å². The Balaban J connectivity index is 2.97. The molecule has 0 aromatic carbocycles. The third kappa shape index (κ3) is 3.39. The van der Waals surface area contributed by atoms with Crippen molar-refractivity contribution < 1.29 is 9.90 Å². The van der Waals surface area contributed by atoms with E-state index in [1.165, 1.54) is 0 Å². The Labute approximate surface area is 101 Å². The number of aliphatic hydroxyl groups excluding tert-OH is 1. The van der Waals surface area contributed by atoms with E-state index in [-0.39, 0.29) is 12.5 Å². The minimum atomic E-state index is -0.191. The zero-order valence-corrected chi connectivity index (χ0v) is 10.4. The van der Waals surface area contributed by atoms with E-state index in [1.54, 1.807) is 18.0 Å². The Bertz CT molecular complexity index is 395. The molecule has 1 heterocycles. The summed E-state index contributed by atoms with van der Waals surface area (Å²) >= 11 is 0. The number of likely N-dealkylation sites (N-methyl/N-ethyl adjacent to an activating group) is 1. The first-order valence-electron chi connectivity index (χ1n) is 5.56. The Morgan fingerprint density at radius 2 is 2.24 bits per heavy atom. The van der Waals surface area contributed by atoms with Crippen molar-refractivity contribution in [3.05, 3.63) is 17.5 Å². The van der Waals surface area contributed by atoms with Crippen LogP contribution in [0.4, 0.5) is 5.95 Å². The van der Waals surface area contributed by atoms with Gasteiger partial charge in [0.25, 0.3) is 5.91 Å². The molecule has 0 saturated heterocycles. The van der Waals surface area contributed by atoms with Gasteiger partial charge in [0.1, 0.15) is 5.69 Å². The molecule has 0 radical (unpaired) electrons. The smallest absolute Gasteiger partial charge is 0.272 e. The average Bonchev–Trinajstić information content (AvgIpc) is 2.34. The predicted octanol–water partition coefficient (Wildman–Crippen LogP) is 0.281. The third-order valence-electron chi connectivity index (χ3n) is 2.34. The van der Waals surface area contributed by atoms with Gasteiger partial charge in [0.15, 0.2) is 0 Å². The summed E-state index contributed by atoms with van der Waals surface area (Å²) < 4.78 is 0. The van der Waals surface area contributed by atoms with Crippen molar-refractivity contribution in [1.82, 2.24) is 14.9 Å². The molecule has 6 heteroatoms. The van der Waals surface area contributed by atoms with Crippen LogP contribution < -0.4 is 5.32 Å². The number of carbonyl (C=O) groups is 1. The van der Waals surface area contributed by atoms with Crippen LogP contribution in [-0.4, -0.2) is 52.6 Å². The summed E-state index contributed by atoms with van der Waals surface area (Å²) in [5.41, 5.74) is 1.07. The highest BCUT2D eigenvalue weighted by molar-refractivity contribution is 5.92. The molecule has 94 valence electrons. The average molecular weight is 238 g/mol. The molecule has 0 saturated carbocycles. The van der Waals surface area contributed by atoms with E-state index in [4.69, 9.17) is 5.11 Å². The first-order valence-corrected chi connectivity index (χ1v) is 5.56. The molecule has 17 heavy (non-hydrogen) atoms. The highest BCUT2D eigenvalue weighted by Crippen LogP contribution is 2.07. The number of amides is 1. The number of aliphatic hydroxyl groups is 1. The summed E-state index contributed by atoms with van der Waals surface area (Å²) in [6.07, 6.45) is 0. The summed E-state index contributed by atoms with van der Waals surface area (Å²) in [4.78, 5) is 21.9. The van der Waals surface area contributed by atoms with Crippen molar-refractivity contribution in [2.75, 3.05) is 32.1 Å². The summed E-state index contributed by atoms with van der Waals surface area (Å²) in [5.74, 6) is 0.233. The second-order valence-corrected chi connectivity index (χ2v) is 3.58. The number of carbonyl (C=O) groups excluding carboxylic acids is 1. The summed E-state index contributed by atoms with van der Waals surface area (Å²) in [6, 6.07) is 1.64. The second-order valence-electron chi connectivity index (χ2n) is 3.58. The van der Waals surface area contributed by atoms with Crippen LogP contribution in [0.15, 0.2) is 6.07 Å². The van der Waals surface area contributed by atoms with Crippen molar-refractivity contribution in [1.29, 1.82) is 0 Å². The second kappa shape index (κ2) is 6.15. The topological polar surface area (TPSA) is 78.3 Å². The van der Waals surface area contributed by atoms with Crippen molar-refractivity contribution in [2.24, 2.45) is 0 Å². The van der Waals surface area contributed by atoms with Crippen LogP contribution in [0.3, 0.4) is 0 Å². The molecule has 0 spiro atoms. The maximum absolute atomic E-state index is 12.1. The lowest BCUT2D eigenvalue weighted by Gasteiger charge is -2.19. The van der Waals surface area contributed by atoms with Gasteiger partial charge in [-0.3, -0.25) is 4.79 Å². The van der Waals surface area contributed by atoms with Gasteiger partial charge in [-0.1, -0.05) is 0 Å². The SMILES string of the molecule is CCN(CCO)C(=O)c1cc(C)nc(NC)n1. The Hall–Kier alpha value is -1.69. The number of aryl methyl sites for hydroxylation is 1. The van der Waals surface area contributed by atoms with E-state index >= 15 is 0 Å². The number of nitrogens with one attached hydrogen (secondary N) is 1. The van der Waals surface area contributed by atoms with E-state index in [1.807, 2.05) is 13.8 Å². The first-order chi connectivity index (χ1) is 8.12. The van der Waals surface area contributed by atoms with Gasteiger partial charge in [0.2, 0.25) is 5.95 Å². The Morgan fingerprint density at radius 3 is 2.76 bits per heavy atom. The zero-order chi connectivity index (χ0) is 12.8. The molecule has 1 amide bonds. The standard InChI is InChI=1S/C11H18N4O2/c1-4-15(5-6-16)10(17)9-7-8(2)13-11(12-3)14-9/h7,16H,4-6H2,1-3H3,(H,12,13,14). The quantitative estimate of drug-likeness (QED) is 0.770. The van der Waals surface area contributed by atoms with Gasteiger partial charge in [-0.25, -0.2) is 9.97 Å². The highest BCUT2D eigenvalue weighted by atomic mass is 16.3. The van der Waals surface area contributed by atoms with Crippen molar-refractivity contribution in [3.63, 3.8) is 0 Å². The van der Waals surface area contributed by atoms with E-state index in [0.717, 1.165) is 5.69 Å². The van der Waals surface area contributed by atoms with Gasteiger partial charge in [-0.2, -0.15) is 0 Å². The lowest BCUT2D eigenvalue weighted by Crippen LogP contribution is -2.34. The van der Waals surface area contributed by atoms with E-state index in [2.05, 4.69) is 15.3 Å². The molecule has 1 aromatic heterocycles. The lowest BCUT2D eigenvalue weighted by atomic mass is 10.3. The van der Waals surface area contributed by atoms with E-state index < -0.39 is 0 Å². The van der Waals surface area contributed by atoms with Crippen molar-refractivity contribution >= 4 is 11.9 Å². The molecule has 6 nitrogen and oxygen atoms in total. The molecule has 0 unspecified atom stereocenters. The van der Waals surface area contributed by atoms with Crippen molar-refractivity contribution in [2.45, 2.75) is 13.8 Å². The highest BCUT2D eigenvalue weighted by Gasteiger charge is 2.16. The Morgan fingerprint density at radius 1 is 1.53 bits per heavy atom. The molecule has 0 atom stereocenters. The molecule has 0 bridgehead atoms. The number of aromatic nitrogens is 2. The number of nitrogens with zero attached hydrogens (tertiary/aromatic N) is 3. The largest absolute Gasteiger partial charge is 0.395 e. The number of hydrogen-bond acceptors (Lipinski definition) is 5. The third-order valence-corrected chi connectivity index (χ3v) is 2.34. The van der Waals surface area contributed by atoms with Gasteiger partial charge < -0.3 is 15.3 Å². The van der Waals surface area contributed by atoms with Crippen LogP contribution in [0.1, 0.15) is 23.1 Å². The van der Waals surface area contributed by atoms with Gasteiger partial charge >= 0.3 is 0 Å². The maximum Gasteiger partial charge on any atom is 0.272 e. The molecule has 1 rings (SSSR count). The molecular weight excluding hydrogens is 220 g/mol. The first kappa shape index (κ1) is 13.4. The Kier molecular flexibility index (Phi) is 4.84. The van der Waals surface area contributed by atoms with Gasteiger partial charge in [0.05, 0.1) is 6.61 Å². The summed E-state index contributed by atoms with van der Waals surface area (Å²) in [7, 11) is 1.70. The molecule has 0 aliphatic carbocycles. The van der Waals surface area contributed by atoms with Crippen LogP contribution in [0.25, 0.3) is 0 Å². The molecule has 0 aliphatic rings.